The van der Waals surface area contributed by atoms with E-state index in [1.807, 2.05) is 6.07 Å². The molecule has 1 aromatic rings. The lowest BCUT2D eigenvalue weighted by molar-refractivity contribution is 0.0160. The summed E-state index contributed by atoms with van der Waals surface area (Å²) < 4.78 is 5.37. The molecule has 1 fully saturated rings. The van der Waals surface area contributed by atoms with Crippen LogP contribution in [0.15, 0.2) is 11.4 Å². The molecule has 1 N–H and O–H groups in total. The number of morpholine rings is 1. The van der Waals surface area contributed by atoms with E-state index in [1.165, 1.54) is 4.88 Å². The zero-order valence-corrected chi connectivity index (χ0v) is 10.5. The van der Waals surface area contributed by atoms with Crippen LogP contribution < -0.4 is 0 Å². The van der Waals surface area contributed by atoms with E-state index in [2.05, 4.69) is 11.8 Å². The van der Waals surface area contributed by atoms with E-state index < -0.39 is 0 Å². The second-order valence-electron chi connectivity index (χ2n) is 4.19. The monoisotopic (exact) mass is 241 g/mol. The Kier molecular flexibility index (Phi) is 4.21. The third-order valence-electron chi connectivity index (χ3n) is 3.11. The molecule has 0 bridgehead atoms. The molecule has 2 heterocycles. The minimum Gasteiger partial charge on any atom is -0.507 e. The lowest BCUT2D eigenvalue weighted by Crippen LogP contribution is -2.44. The van der Waals surface area contributed by atoms with Crippen molar-refractivity contribution in [1.82, 2.24) is 4.90 Å². The smallest absolute Gasteiger partial charge is 0.126 e. The number of hydrogen-bond donors (Lipinski definition) is 1. The quantitative estimate of drug-likeness (QED) is 0.876. The average Bonchev–Trinajstić information content (AvgIpc) is 2.73. The summed E-state index contributed by atoms with van der Waals surface area (Å²) in [5, 5.41) is 11.1. The van der Waals surface area contributed by atoms with Gasteiger partial charge in [0.15, 0.2) is 0 Å². The molecule has 0 radical (unpaired) electrons. The summed E-state index contributed by atoms with van der Waals surface area (Å²) >= 11 is 1.65. The number of nitrogens with zero attached hydrogens (tertiary/aromatic N) is 1. The summed E-state index contributed by atoms with van der Waals surface area (Å²) in [6, 6.07) is 2.47. The van der Waals surface area contributed by atoms with E-state index in [9.17, 15) is 5.11 Å². The summed E-state index contributed by atoms with van der Waals surface area (Å²) in [7, 11) is 0. The molecule has 0 spiro atoms. The third-order valence-corrected chi connectivity index (χ3v) is 4.06. The first-order chi connectivity index (χ1) is 7.79. The Hall–Kier alpha value is -0.580. The van der Waals surface area contributed by atoms with Crippen molar-refractivity contribution in [3.63, 3.8) is 0 Å². The molecular formula is C12H19NO2S. The molecule has 1 aliphatic heterocycles. The van der Waals surface area contributed by atoms with Crippen molar-refractivity contribution in [3.8, 4) is 5.75 Å². The van der Waals surface area contributed by atoms with Gasteiger partial charge in [-0.2, -0.15) is 0 Å². The highest BCUT2D eigenvalue weighted by Crippen LogP contribution is 2.23. The first-order valence-corrected chi connectivity index (χ1v) is 6.75. The van der Waals surface area contributed by atoms with Crippen LogP contribution in [0.1, 0.15) is 18.2 Å². The zero-order valence-electron chi connectivity index (χ0n) is 9.69. The predicted octanol–water partition coefficient (Wildman–Crippen LogP) is 2.11. The summed E-state index contributed by atoms with van der Waals surface area (Å²) in [6.07, 6.45) is 2.19. The predicted molar refractivity (Wildman–Crippen MR) is 66.2 cm³/mol. The van der Waals surface area contributed by atoms with Gasteiger partial charge >= 0.3 is 0 Å². The molecule has 1 aromatic heterocycles. The van der Waals surface area contributed by atoms with Gasteiger partial charge in [0.25, 0.3) is 0 Å². The van der Waals surface area contributed by atoms with E-state index in [-0.39, 0.29) is 0 Å². The second kappa shape index (κ2) is 5.66. The molecule has 0 saturated carbocycles. The Bertz CT molecular complexity index is 321. The van der Waals surface area contributed by atoms with Crippen LogP contribution in [0, 0.1) is 0 Å². The van der Waals surface area contributed by atoms with Crippen molar-refractivity contribution in [2.45, 2.75) is 25.8 Å². The minimum absolute atomic E-state index is 0.400. The van der Waals surface area contributed by atoms with Crippen molar-refractivity contribution in [2.24, 2.45) is 0 Å². The van der Waals surface area contributed by atoms with Gasteiger partial charge in [0, 0.05) is 29.4 Å². The lowest BCUT2D eigenvalue weighted by atomic mass is 10.1. The topological polar surface area (TPSA) is 32.7 Å². The van der Waals surface area contributed by atoms with Crippen molar-refractivity contribution in [3.05, 3.63) is 16.3 Å². The van der Waals surface area contributed by atoms with Crippen LogP contribution in [-0.2, 0) is 11.2 Å². The fourth-order valence-electron chi connectivity index (χ4n) is 2.18. The van der Waals surface area contributed by atoms with E-state index in [0.717, 1.165) is 39.1 Å². The molecule has 16 heavy (non-hydrogen) atoms. The summed E-state index contributed by atoms with van der Waals surface area (Å²) in [4.78, 5) is 3.77. The van der Waals surface area contributed by atoms with Crippen molar-refractivity contribution in [1.29, 1.82) is 0 Å². The summed E-state index contributed by atoms with van der Waals surface area (Å²) in [6.45, 7) is 6.01. The van der Waals surface area contributed by atoms with Crippen LogP contribution >= 0.6 is 11.3 Å². The molecule has 2 rings (SSSR count). The SMILES string of the molecule is CCC(Cc1cc(O)cs1)N1CCOCC1. The van der Waals surface area contributed by atoms with E-state index in [4.69, 9.17) is 4.74 Å². The molecule has 1 unspecified atom stereocenters. The third kappa shape index (κ3) is 2.97. The van der Waals surface area contributed by atoms with Gasteiger partial charge in [-0.05, 0) is 18.9 Å². The van der Waals surface area contributed by atoms with Gasteiger partial charge in [-0.1, -0.05) is 6.92 Å². The fraction of sp³-hybridized carbons (Fsp3) is 0.667. The molecule has 0 amide bonds. The van der Waals surface area contributed by atoms with Crippen LogP contribution in [0.3, 0.4) is 0 Å². The Balaban J connectivity index is 1.94. The van der Waals surface area contributed by atoms with Crippen LogP contribution in [-0.4, -0.2) is 42.4 Å². The number of hydrogen-bond acceptors (Lipinski definition) is 4. The Labute approximate surface area is 101 Å². The lowest BCUT2D eigenvalue weighted by Gasteiger charge is -2.33. The van der Waals surface area contributed by atoms with Gasteiger partial charge < -0.3 is 9.84 Å². The molecule has 0 aromatic carbocycles. The van der Waals surface area contributed by atoms with E-state index in [1.54, 1.807) is 16.7 Å². The van der Waals surface area contributed by atoms with Crippen molar-refractivity contribution < 1.29 is 9.84 Å². The summed E-state index contributed by atoms with van der Waals surface area (Å²) in [5.41, 5.74) is 0. The largest absolute Gasteiger partial charge is 0.507 e. The van der Waals surface area contributed by atoms with Crippen molar-refractivity contribution in [2.75, 3.05) is 26.3 Å². The first-order valence-electron chi connectivity index (χ1n) is 5.87. The van der Waals surface area contributed by atoms with Gasteiger partial charge in [-0.15, -0.1) is 11.3 Å². The number of ether oxygens (including phenoxy) is 1. The van der Waals surface area contributed by atoms with Crippen molar-refractivity contribution >= 4 is 11.3 Å². The average molecular weight is 241 g/mol. The van der Waals surface area contributed by atoms with Gasteiger partial charge in [0.05, 0.1) is 13.2 Å². The molecule has 1 saturated heterocycles. The molecule has 3 nitrogen and oxygen atoms in total. The Morgan fingerprint density at radius 3 is 2.81 bits per heavy atom. The normalized spacial score (nSPS) is 19.8. The molecule has 0 aliphatic carbocycles. The Morgan fingerprint density at radius 1 is 1.50 bits per heavy atom. The molecule has 4 heteroatoms. The highest BCUT2D eigenvalue weighted by atomic mass is 32.1. The van der Waals surface area contributed by atoms with Crippen LogP contribution in [0.2, 0.25) is 0 Å². The minimum atomic E-state index is 0.400. The second-order valence-corrected chi connectivity index (χ2v) is 5.18. The standard InChI is InChI=1S/C12H19NO2S/c1-2-10(13-3-5-15-6-4-13)7-12-8-11(14)9-16-12/h8-10,14H,2-7H2,1H3. The molecule has 1 atom stereocenters. The highest BCUT2D eigenvalue weighted by molar-refractivity contribution is 7.10. The summed E-state index contributed by atoms with van der Waals surface area (Å²) in [5.74, 6) is 0.400. The number of thiophene rings is 1. The Morgan fingerprint density at radius 2 is 2.25 bits per heavy atom. The maximum absolute atomic E-state index is 9.33. The van der Waals surface area contributed by atoms with E-state index >= 15 is 0 Å². The van der Waals surface area contributed by atoms with Crippen LogP contribution in [0.5, 0.6) is 5.75 Å². The first kappa shape index (κ1) is 11.9. The number of rotatable bonds is 4. The highest BCUT2D eigenvalue weighted by Gasteiger charge is 2.20. The maximum atomic E-state index is 9.33. The van der Waals surface area contributed by atoms with Crippen LogP contribution in [0.25, 0.3) is 0 Å². The van der Waals surface area contributed by atoms with Gasteiger partial charge in [0.2, 0.25) is 0 Å². The zero-order chi connectivity index (χ0) is 11.4. The molecule has 1 aliphatic rings. The maximum Gasteiger partial charge on any atom is 0.126 e. The number of aromatic hydroxyl groups is 1. The van der Waals surface area contributed by atoms with E-state index in [0.29, 0.717) is 11.8 Å². The van der Waals surface area contributed by atoms with Gasteiger partial charge in [-0.3, -0.25) is 4.90 Å². The van der Waals surface area contributed by atoms with Crippen LogP contribution in [0.4, 0.5) is 0 Å². The molecule has 90 valence electrons. The fourth-order valence-corrected chi connectivity index (χ4v) is 3.00. The van der Waals surface area contributed by atoms with Gasteiger partial charge in [-0.25, -0.2) is 0 Å². The van der Waals surface area contributed by atoms with Gasteiger partial charge in [0.1, 0.15) is 5.75 Å². The molecular weight excluding hydrogens is 222 g/mol.